The fourth-order valence-corrected chi connectivity index (χ4v) is 2.60. The van der Waals surface area contributed by atoms with Gasteiger partial charge in [-0.2, -0.15) is 0 Å². The minimum atomic E-state index is -2.94. The first-order valence-corrected chi connectivity index (χ1v) is 4.82. The lowest BCUT2D eigenvalue weighted by Crippen LogP contribution is -2.25. The third-order valence-electron chi connectivity index (χ3n) is 1.83. The minimum absolute atomic E-state index is 0.558. The van der Waals surface area contributed by atoms with Crippen molar-refractivity contribution in [1.29, 1.82) is 0 Å². The second-order valence-electron chi connectivity index (χ2n) is 3.45. The molecule has 0 bridgehead atoms. The zero-order valence-electron chi connectivity index (χ0n) is 6.51. The Morgan fingerprint density at radius 1 is 1.50 bits per heavy atom. The van der Waals surface area contributed by atoms with Crippen LogP contribution in [-0.4, -0.2) is 13.2 Å². The molecule has 1 heterocycles. The van der Waals surface area contributed by atoms with Crippen molar-refractivity contribution in [3.63, 3.8) is 0 Å². The summed E-state index contributed by atoms with van der Waals surface area (Å²) < 4.78 is 21.9. The summed E-state index contributed by atoms with van der Waals surface area (Å²) in [5, 5.41) is 1.38. The molecule has 0 saturated carbocycles. The third-order valence-corrected chi connectivity index (χ3v) is 4.23. The number of hydrogen-bond donors (Lipinski definition) is 0. The van der Waals surface area contributed by atoms with Gasteiger partial charge in [-0.05, 0) is 27.2 Å². The molecule has 1 aliphatic rings. The molecule has 0 N–H and O–H groups in total. The molecule has 0 atom stereocenters. The van der Waals surface area contributed by atoms with Crippen LogP contribution < -0.4 is 0 Å². The zero-order valence-corrected chi connectivity index (χ0v) is 7.33. The van der Waals surface area contributed by atoms with Crippen LogP contribution in [-0.2, 0) is 9.84 Å². The Balaban J connectivity index is 3.17. The fourth-order valence-electron chi connectivity index (χ4n) is 1.24. The van der Waals surface area contributed by atoms with Gasteiger partial charge < -0.3 is 0 Å². The van der Waals surface area contributed by atoms with Crippen molar-refractivity contribution in [3.05, 3.63) is 11.0 Å². The summed E-state index contributed by atoms with van der Waals surface area (Å²) in [4.78, 5) is 0. The quantitative estimate of drug-likeness (QED) is 0.538. The van der Waals surface area contributed by atoms with E-state index in [2.05, 4.69) is 0 Å². The molecule has 0 fully saturated rings. The lowest BCUT2D eigenvalue weighted by atomic mass is 10.1. The highest BCUT2D eigenvalue weighted by atomic mass is 32.2. The van der Waals surface area contributed by atoms with E-state index in [0.717, 1.165) is 5.57 Å². The molecule has 1 rings (SSSR count). The van der Waals surface area contributed by atoms with E-state index in [1.165, 1.54) is 5.41 Å². The largest absolute Gasteiger partial charge is 0.224 e. The first-order chi connectivity index (χ1) is 4.35. The molecule has 58 valence electrons. The Hall–Kier alpha value is -0.310. The van der Waals surface area contributed by atoms with E-state index in [1.54, 1.807) is 13.8 Å². The van der Waals surface area contributed by atoms with Crippen LogP contribution in [0.25, 0.3) is 0 Å². The van der Waals surface area contributed by atoms with Crippen LogP contribution in [0.15, 0.2) is 11.0 Å². The standard InChI is InChI=1S/C7H12O2S/c1-6-4-7(2,3)10(8,9)5-6/h5H,4H2,1-3H3. The van der Waals surface area contributed by atoms with Gasteiger partial charge in [-0.25, -0.2) is 8.42 Å². The topological polar surface area (TPSA) is 34.1 Å². The minimum Gasteiger partial charge on any atom is -0.224 e. The van der Waals surface area contributed by atoms with E-state index < -0.39 is 14.6 Å². The van der Waals surface area contributed by atoms with E-state index in [-0.39, 0.29) is 0 Å². The molecule has 0 aromatic carbocycles. The first kappa shape index (κ1) is 7.79. The normalized spacial score (nSPS) is 28.1. The molecule has 10 heavy (non-hydrogen) atoms. The first-order valence-electron chi connectivity index (χ1n) is 3.27. The van der Waals surface area contributed by atoms with Gasteiger partial charge in [-0.15, -0.1) is 0 Å². The maximum atomic E-state index is 11.2. The summed E-state index contributed by atoms with van der Waals surface area (Å²) in [6, 6.07) is 0. The summed E-state index contributed by atoms with van der Waals surface area (Å²) in [6.07, 6.45) is 0.676. The monoisotopic (exact) mass is 160 g/mol. The van der Waals surface area contributed by atoms with Gasteiger partial charge in [0.2, 0.25) is 0 Å². The maximum absolute atomic E-state index is 11.2. The zero-order chi connectivity index (χ0) is 7.99. The fraction of sp³-hybridized carbons (Fsp3) is 0.714. The number of rotatable bonds is 0. The molecule has 0 aromatic rings. The molecule has 0 radical (unpaired) electrons. The number of allylic oxidation sites excluding steroid dienone is 1. The number of hydrogen-bond acceptors (Lipinski definition) is 2. The van der Waals surface area contributed by atoms with Crippen LogP contribution in [0.4, 0.5) is 0 Å². The molecule has 3 heteroatoms. The number of sulfone groups is 1. The van der Waals surface area contributed by atoms with E-state index in [0.29, 0.717) is 6.42 Å². The van der Waals surface area contributed by atoms with Gasteiger partial charge in [0.05, 0.1) is 4.75 Å². The second kappa shape index (κ2) is 1.84. The van der Waals surface area contributed by atoms with Crippen molar-refractivity contribution in [2.45, 2.75) is 31.9 Å². The van der Waals surface area contributed by atoms with Crippen molar-refractivity contribution >= 4 is 9.84 Å². The molecule has 1 aliphatic heterocycles. The van der Waals surface area contributed by atoms with Gasteiger partial charge in [0.15, 0.2) is 9.84 Å². The van der Waals surface area contributed by atoms with Crippen molar-refractivity contribution in [3.8, 4) is 0 Å². The van der Waals surface area contributed by atoms with E-state index in [4.69, 9.17) is 0 Å². The van der Waals surface area contributed by atoms with Gasteiger partial charge in [0, 0.05) is 5.41 Å². The van der Waals surface area contributed by atoms with Gasteiger partial charge >= 0.3 is 0 Å². The van der Waals surface area contributed by atoms with Gasteiger partial charge in [0.25, 0.3) is 0 Å². The summed E-state index contributed by atoms with van der Waals surface area (Å²) >= 11 is 0. The highest BCUT2D eigenvalue weighted by Gasteiger charge is 2.37. The Bertz CT molecular complexity index is 270. The van der Waals surface area contributed by atoms with E-state index in [9.17, 15) is 8.42 Å². The van der Waals surface area contributed by atoms with Crippen LogP contribution in [0, 0.1) is 0 Å². The Kier molecular flexibility index (Phi) is 1.44. The summed E-state index contributed by atoms with van der Waals surface area (Å²) in [5.74, 6) is 0. The molecule has 0 unspecified atom stereocenters. The smallest absolute Gasteiger partial charge is 0.177 e. The highest BCUT2D eigenvalue weighted by molar-refractivity contribution is 7.95. The lowest BCUT2D eigenvalue weighted by Gasteiger charge is -2.15. The average Bonchev–Trinajstić information content (AvgIpc) is 1.73. The van der Waals surface area contributed by atoms with Crippen LogP contribution in [0.5, 0.6) is 0 Å². The molecule has 2 nitrogen and oxygen atoms in total. The van der Waals surface area contributed by atoms with Crippen LogP contribution >= 0.6 is 0 Å². The average molecular weight is 160 g/mol. The molecule has 0 amide bonds. The van der Waals surface area contributed by atoms with E-state index in [1.807, 2.05) is 6.92 Å². The van der Waals surface area contributed by atoms with Gasteiger partial charge in [-0.3, -0.25) is 0 Å². The van der Waals surface area contributed by atoms with Crippen molar-refractivity contribution in [1.82, 2.24) is 0 Å². The molecular formula is C7H12O2S. The van der Waals surface area contributed by atoms with Crippen molar-refractivity contribution < 1.29 is 8.42 Å². The summed E-state index contributed by atoms with van der Waals surface area (Å²) in [5.41, 5.74) is 0.963. The van der Waals surface area contributed by atoms with Crippen molar-refractivity contribution in [2.75, 3.05) is 0 Å². The van der Waals surface area contributed by atoms with Crippen LogP contribution in [0.3, 0.4) is 0 Å². The second-order valence-corrected chi connectivity index (χ2v) is 5.88. The molecule has 0 saturated heterocycles. The van der Waals surface area contributed by atoms with E-state index >= 15 is 0 Å². The molecule has 0 aromatic heterocycles. The predicted molar refractivity (Wildman–Crippen MR) is 41.4 cm³/mol. The Morgan fingerprint density at radius 3 is 2.10 bits per heavy atom. The highest BCUT2D eigenvalue weighted by Crippen LogP contribution is 2.33. The predicted octanol–water partition coefficient (Wildman–Crippen LogP) is 1.49. The summed E-state index contributed by atoms with van der Waals surface area (Å²) in [6.45, 7) is 5.37. The van der Waals surface area contributed by atoms with Crippen molar-refractivity contribution in [2.24, 2.45) is 0 Å². The Labute approximate surface area is 61.9 Å². The third kappa shape index (κ3) is 0.985. The molecular weight excluding hydrogens is 148 g/mol. The van der Waals surface area contributed by atoms with Gasteiger partial charge in [0.1, 0.15) is 0 Å². The SMILES string of the molecule is CC1=CS(=O)(=O)C(C)(C)C1. The van der Waals surface area contributed by atoms with Crippen LogP contribution in [0.2, 0.25) is 0 Å². The lowest BCUT2D eigenvalue weighted by molar-refractivity contribution is 0.561. The molecule has 0 aliphatic carbocycles. The Morgan fingerprint density at radius 2 is 2.00 bits per heavy atom. The van der Waals surface area contributed by atoms with Gasteiger partial charge in [-0.1, -0.05) is 5.57 Å². The maximum Gasteiger partial charge on any atom is 0.177 e. The van der Waals surface area contributed by atoms with Crippen LogP contribution in [0.1, 0.15) is 27.2 Å². The summed E-state index contributed by atoms with van der Waals surface area (Å²) in [7, 11) is -2.94. The molecule has 0 spiro atoms.